The molecule has 1 aromatic carbocycles. The molecule has 3 N–H and O–H groups in total. The van der Waals surface area contributed by atoms with E-state index >= 15 is 0 Å². The average Bonchev–Trinajstić information content (AvgIpc) is 2.70. The van der Waals surface area contributed by atoms with E-state index in [1.54, 1.807) is 17.4 Å². The Balaban J connectivity index is 2.12. The molecule has 1 saturated heterocycles. The van der Waals surface area contributed by atoms with Crippen LogP contribution in [0.3, 0.4) is 0 Å². The maximum absolute atomic E-state index is 13.0. The van der Waals surface area contributed by atoms with Gasteiger partial charge in [-0.1, -0.05) is 68.3 Å². The Labute approximate surface area is 171 Å². The van der Waals surface area contributed by atoms with E-state index in [0.717, 1.165) is 30.7 Å². The molecule has 2 rings (SSSR count). The van der Waals surface area contributed by atoms with Crippen molar-refractivity contribution in [1.82, 2.24) is 15.3 Å². The molecule has 1 aromatic rings. The Bertz CT molecular complexity index is 646. The molecule has 0 aromatic heterocycles. The molecular weight excluding hydrogens is 374 g/mol. The van der Waals surface area contributed by atoms with Crippen molar-refractivity contribution in [3.63, 3.8) is 0 Å². The number of hydrogen-bond acceptors (Lipinski definition) is 5. The van der Waals surface area contributed by atoms with Crippen LogP contribution < -0.4 is 10.9 Å². The second-order valence-corrected chi connectivity index (χ2v) is 8.59. The number of carbonyl (C=O) groups excluding carboxylic acids is 2. The van der Waals surface area contributed by atoms with Gasteiger partial charge in [0.05, 0.1) is 11.8 Å². The quantitative estimate of drug-likeness (QED) is 0.332. The van der Waals surface area contributed by atoms with E-state index in [4.69, 9.17) is 0 Å². The van der Waals surface area contributed by atoms with Gasteiger partial charge in [-0.2, -0.15) is 4.41 Å². The summed E-state index contributed by atoms with van der Waals surface area (Å²) in [5, 5.41) is 9.24. The molecule has 1 aliphatic heterocycles. The lowest BCUT2D eigenvalue weighted by Crippen LogP contribution is -2.47. The fraction of sp³-hybridized carbons (Fsp3) is 0.524. The highest BCUT2D eigenvalue weighted by Crippen LogP contribution is 2.26. The van der Waals surface area contributed by atoms with Crippen molar-refractivity contribution >= 4 is 29.8 Å². The van der Waals surface area contributed by atoms with E-state index in [-0.39, 0.29) is 11.8 Å². The first-order valence-electron chi connectivity index (χ1n) is 9.87. The zero-order valence-corrected chi connectivity index (χ0v) is 17.5. The summed E-state index contributed by atoms with van der Waals surface area (Å²) >= 11 is 1.61. The summed E-state index contributed by atoms with van der Waals surface area (Å²) in [6.45, 7) is 4.86. The minimum atomic E-state index is -0.637. The van der Waals surface area contributed by atoms with Gasteiger partial charge in [0.15, 0.2) is 0 Å². The summed E-state index contributed by atoms with van der Waals surface area (Å²) < 4.78 is 1.87. The zero-order valence-electron chi connectivity index (χ0n) is 16.6. The number of nitrogens with zero attached hydrogens (tertiary/aromatic N) is 1. The average molecular weight is 406 g/mol. The maximum atomic E-state index is 13.0. The van der Waals surface area contributed by atoms with Gasteiger partial charge in [0.2, 0.25) is 11.8 Å². The van der Waals surface area contributed by atoms with Crippen molar-refractivity contribution in [2.45, 2.75) is 39.5 Å². The Kier molecular flexibility index (Phi) is 9.54. The van der Waals surface area contributed by atoms with Crippen LogP contribution in [0.25, 0.3) is 6.08 Å². The van der Waals surface area contributed by atoms with Crippen molar-refractivity contribution in [1.29, 1.82) is 0 Å². The Morgan fingerprint density at radius 1 is 1.18 bits per heavy atom. The molecule has 0 radical (unpaired) electrons. The predicted molar refractivity (Wildman–Crippen MR) is 113 cm³/mol. The van der Waals surface area contributed by atoms with E-state index < -0.39 is 17.7 Å². The van der Waals surface area contributed by atoms with Gasteiger partial charge in [-0.05, 0) is 37.2 Å². The van der Waals surface area contributed by atoms with Gasteiger partial charge < -0.3 is 0 Å². The fourth-order valence-corrected chi connectivity index (χ4v) is 4.27. The number of amides is 2. The highest BCUT2D eigenvalue weighted by Gasteiger charge is 2.34. The molecule has 1 aliphatic rings. The van der Waals surface area contributed by atoms with Crippen LogP contribution in [-0.4, -0.2) is 33.7 Å². The molecule has 0 saturated carbocycles. The second-order valence-electron chi connectivity index (χ2n) is 7.49. The second kappa shape index (κ2) is 11.9. The van der Waals surface area contributed by atoms with Crippen LogP contribution >= 0.6 is 11.9 Å². The van der Waals surface area contributed by atoms with Gasteiger partial charge in [-0.3, -0.25) is 20.2 Å². The molecular formula is C21H31N3O3S. The van der Waals surface area contributed by atoms with Gasteiger partial charge in [-0.25, -0.2) is 5.48 Å². The molecule has 1 heterocycles. The first-order valence-corrected chi connectivity index (χ1v) is 10.8. The van der Waals surface area contributed by atoms with Gasteiger partial charge in [0, 0.05) is 12.3 Å². The molecule has 1 fully saturated rings. The lowest BCUT2D eigenvalue weighted by atomic mass is 9.82. The van der Waals surface area contributed by atoms with Crippen molar-refractivity contribution < 1.29 is 14.8 Å². The highest BCUT2D eigenvalue weighted by molar-refractivity contribution is 7.97. The van der Waals surface area contributed by atoms with Crippen LogP contribution in [0.5, 0.6) is 0 Å². The number of allylic oxidation sites excluding steroid dienone is 1. The standard InChI is InChI=1S/C21H31N3O3S/c1-16(2)15-19(20(25)22-24-13-6-7-14-28-24)18(21(26)23-27)12-8-11-17-9-4-3-5-10-17/h3-5,8-11,16,18-19,27H,6-7,12-15H2,1-2H3,(H,22,25)(H,23,26)/b11-8-/t18-,19?/m1/s1. The number of carbonyl (C=O) groups is 2. The number of nitrogens with one attached hydrogen (secondary N) is 2. The maximum Gasteiger partial charge on any atom is 0.247 e. The van der Waals surface area contributed by atoms with E-state index in [9.17, 15) is 14.8 Å². The lowest BCUT2D eigenvalue weighted by molar-refractivity contribution is -0.141. The van der Waals surface area contributed by atoms with Crippen LogP contribution in [0, 0.1) is 17.8 Å². The van der Waals surface area contributed by atoms with Crippen LogP contribution in [0.1, 0.15) is 45.1 Å². The first-order chi connectivity index (χ1) is 13.5. The van der Waals surface area contributed by atoms with Gasteiger partial charge in [0.25, 0.3) is 0 Å². The highest BCUT2D eigenvalue weighted by atomic mass is 32.2. The van der Waals surface area contributed by atoms with Crippen LogP contribution in [-0.2, 0) is 9.59 Å². The van der Waals surface area contributed by atoms with Gasteiger partial charge in [-0.15, -0.1) is 0 Å². The number of hydrogen-bond donors (Lipinski definition) is 3. The Morgan fingerprint density at radius 2 is 1.93 bits per heavy atom. The number of hydrazine groups is 1. The monoisotopic (exact) mass is 405 g/mol. The van der Waals surface area contributed by atoms with Crippen LogP contribution in [0.4, 0.5) is 0 Å². The molecule has 28 heavy (non-hydrogen) atoms. The molecule has 0 bridgehead atoms. The summed E-state index contributed by atoms with van der Waals surface area (Å²) in [5.74, 6) is -0.612. The lowest BCUT2D eigenvalue weighted by Gasteiger charge is -2.30. The molecule has 0 aliphatic carbocycles. The summed E-state index contributed by atoms with van der Waals surface area (Å²) in [4.78, 5) is 25.4. The minimum absolute atomic E-state index is 0.162. The van der Waals surface area contributed by atoms with Gasteiger partial charge >= 0.3 is 0 Å². The van der Waals surface area contributed by atoms with Crippen molar-refractivity contribution in [2.75, 3.05) is 12.3 Å². The summed E-state index contributed by atoms with van der Waals surface area (Å²) in [6, 6.07) is 9.79. The van der Waals surface area contributed by atoms with E-state index in [1.807, 2.05) is 60.7 Å². The van der Waals surface area contributed by atoms with Crippen molar-refractivity contribution in [3.05, 3.63) is 42.0 Å². The molecule has 2 atom stereocenters. The Morgan fingerprint density at radius 3 is 2.54 bits per heavy atom. The normalized spacial score (nSPS) is 17.4. The van der Waals surface area contributed by atoms with E-state index in [0.29, 0.717) is 12.8 Å². The molecule has 1 unspecified atom stereocenters. The van der Waals surface area contributed by atoms with Gasteiger partial charge in [0.1, 0.15) is 0 Å². The Hall–Kier alpha value is -1.83. The number of rotatable bonds is 9. The molecule has 154 valence electrons. The number of hydroxylamine groups is 1. The third kappa shape index (κ3) is 7.30. The topological polar surface area (TPSA) is 81.7 Å². The SMILES string of the molecule is CC(C)CC(C(=O)NN1CCCCS1)[C@@H](C/C=C\c1ccccc1)C(=O)NO. The molecule has 6 nitrogen and oxygen atoms in total. The fourth-order valence-electron chi connectivity index (χ4n) is 3.30. The summed E-state index contributed by atoms with van der Waals surface area (Å²) in [6.07, 6.45) is 6.96. The molecule has 7 heteroatoms. The third-order valence-electron chi connectivity index (χ3n) is 4.73. The predicted octanol–water partition coefficient (Wildman–Crippen LogP) is 3.65. The minimum Gasteiger partial charge on any atom is -0.289 e. The van der Waals surface area contributed by atoms with Crippen LogP contribution in [0.15, 0.2) is 36.4 Å². The number of benzene rings is 1. The summed E-state index contributed by atoms with van der Waals surface area (Å²) in [5.41, 5.74) is 5.75. The zero-order chi connectivity index (χ0) is 20.4. The van der Waals surface area contributed by atoms with Crippen molar-refractivity contribution in [2.24, 2.45) is 17.8 Å². The third-order valence-corrected chi connectivity index (χ3v) is 5.79. The van der Waals surface area contributed by atoms with E-state index in [2.05, 4.69) is 5.43 Å². The first kappa shape index (κ1) is 22.5. The molecule has 0 spiro atoms. The molecule has 2 amide bonds. The largest absolute Gasteiger partial charge is 0.289 e. The smallest absolute Gasteiger partial charge is 0.247 e. The van der Waals surface area contributed by atoms with Crippen LogP contribution in [0.2, 0.25) is 0 Å². The van der Waals surface area contributed by atoms with Crippen molar-refractivity contribution in [3.8, 4) is 0 Å². The summed E-state index contributed by atoms with van der Waals surface area (Å²) in [7, 11) is 0. The van der Waals surface area contributed by atoms with E-state index in [1.165, 1.54) is 0 Å².